The summed E-state index contributed by atoms with van der Waals surface area (Å²) in [5.74, 6) is 2.13. The molecule has 5 nitrogen and oxygen atoms in total. The number of halogens is 1. The molecule has 20 heavy (non-hydrogen) atoms. The Balaban J connectivity index is 1.65. The quantitative estimate of drug-likeness (QED) is 0.698. The predicted molar refractivity (Wildman–Crippen MR) is 79.2 cm³/mol. The molecule has 0 spiro atoms. The van der Waals surface area contributed by atoms with Gasteiger partial charge in [0, 0.05) is 9.85 Å². The summed E-state index contributed by atoms with van der Waals surface area (Å²) in [4.78, 5) is 7.45. The minimum absolute atomic E-state index is 0.584. The molecular weight excluding hydrogens is 342 g/mol. The highest BCUT2D eigenvalue weighted by Gasteiger charge is 2.13. The highest BCUT2D eigenvalue weighted by Crippen LogP contribution is 2.27. The number of hydrogen-bond donors (Lipinski definition) is 0. The lowest BCUT2D eigenvalue weighted by atomic mass is 10.4. The van der Waals surface area contributed by atoms with Crippen molar-refractivity contribution >= 4 is 27.3 Å². The third-order valence-corrected chi connectivity index (χ3v) is 4.35. The topological polar surface area (TPSA) is 55.3 Å². The molecule has 0 unspecified atom stereocenters. The van der Waals surface area contributed by atoms with Gasteiger partial charge in [-0.1, -0.05) is 5.16 Å². The van der Waals surface area contributed by atoms with Crippen molar-refractivity contribution in [1.82, 2.24) is 15.0 Å². The van der Waals surface area contributed by atoms with Crippen LogP contribution in [0.2, 0.25) is 0 Å². The van der Waals surface area contributed by atoms with Gasteiger partial charge in [-0.15, -0.1) is 11.3 Å². The van der Waals surface area contributed by atoms with E-state index in [9.17, 15) is 0 Å². The van der Waals surface area contributed by atoms with Crippen LogP contribution in [0.25, 0.3) is 10.7 Å². The lowest BCUT2D eigenvalue weighted by Gasteiger charge is -2.11. The normalized spacial score (nSPS) is 11.3. The van der Waals surface area contributed by atoms with Gasteiger partial charge in [0.1, 0.15) is 5.76 Å². The molecule has 0 atom stereocenters. The standard InChI is InChI=1S/C13H12BrN3O2S/c1-17(6-10-3-2-4-18-10)7-12-15-13(16-19-12)11-5-9(14)8-20-11/h2-5,8H,6-7H2,1H3. The van der Waals surface area contributed by atoms with Gasteiger partial charge in [0.15, 0.2) is 0 Å². The number of thiophene rings is 1. The summed E-state index contributed by atoms with van der Waals surface area (Å²) in [6.45, 7) is 1.29. The maximum atomic E-state index is 5.31. The fourth-order valence-corrected chi connectivity index (χ4v) is 3.16. The van der Waals surface area contributed by atoms with E-state index in [0.29, 0.717) is 24.8 Å². The van der Waals surface area contributed by atoms with E-state index in [-0.39, 0.29) is 0 Å². The van der Waals surface area contributed by atoms with Gasteiger partial charge >= 0.3 is 0 Å². The molecular formula is C13H12BrN3O2S. The van der Waals surface area contributed by atoms with Crippen molar-refractivity contribution in [2.24, 2.45) is 0 Å². The molecule has 3 rings (SSSR count). The lowest BCUT2D eigenvalue weighted by Crippen LogP contribution is -2.17. The van der Waals surface area contributed by atoms with Crippen molar-refractivity contribution in [2.45, 2.75) is 13.1 Å². The van der Waals surface area contributed by atoms with Crippen LogP contribution in [0.1, 0.15) is 11.7 Å². The first-order valence-electron chi connectivity index (χ1n) is 5.98. The van der Waals surface area contributed by atoms with Crippen LogP contribution in [0.4, 0.5) is 0 Å². The summed E-state index contributed by atoms with van der Waals surface area (Å²) >= 11 is 4.99. The van der Waals surface area contributed by atoms with Gasteiger partial charge < -0.3 is 8.94 Å². The van der Waals surface area contributed by atoms with E-state index in [4.69, 9.17) is 8.94 Å². The van der Waals surface area contributed by atoms with E-state index in [1.165, 1.54) is 0 Å². The van der Waals surface area contributed by atoms with Gasteiger partial charge in [-0.05, 0) is 41.2 Å². The number of nitrogens with zero attached hydrogens (tertiary/aromatic N) is 3. The molecule has 0 fully saturated rings. The maximum absolute atomic E-state index is 5.31. The van der Waals surface area contributed by atoms with Gasteiger partial charge in [-0.25, -0.2) is 0 Å². The van der Waals surface area contributed by atoms with Crippen molar-refractivity contribution in [1.29, 1.82) is 0 Å². The molecule has 0 aliphatic carbocycles. The molecule has 0 saturated carbocycles. The minimum Gasteiger partial charge on any atom is -0.468 e. The van der Waals surface area contributed by atoms with Crippen LogP contribution in [0.15, 0.2) is 43.3 Å². The minimum atomic E-state index is 0.584. The fraction of sp³-hybridized carbons (Fsp3) is 0.231. The van der Waals surface area contributed by atoms with Crippen LogP contribution in [0.5, 0.6) is 0 Å². The molecule has 0 amide bonds. The number of aromatic nitrogens is 2. The van der Waals surface area contributed by atoms with Crippen molar-refractivity contribution in [3.05, 3.63) is 46.0 Å². The SMILES string of the molecule is CN(Cc1ccco1)Cc1nc(-c2cc(Br)cs2)no1. The molecule has 104 valence electrons. The molecule has 3 heterocycles. The Hall–Kier alpha value is -1.44. The molecule has 0 aliphatic heterocycles. The number of hydrogen-bond acceptors (Lipinski definition) is 6. The highest BCUT2D eigenvalue weighted by molar-refractivity contribution is 9.10. The summed E-state index contributed by atoms with van der Waals surface area (Å²) in [6, 6.07) is 5.80. The van der Waals surface area contributed by atoms with Crippen molar-refractivity contribution in [2.75, 3.05) is 7.05 Å². The second-order valence-electron chi connectivity index (χ2n) is 4.39. The van der Waals surface area contributed by atoms with E-state index in [1.54, 1.807) is 17.6 Å². The van der Waals surface area contributed by atoms with Gasteiger partial charge in [0.25, 0.3) is 0 Å². The second-order valence-corrected chi connectivity index (χ2v) is 6.22. The van der Waals surface area contributed by atoms with Crippen molar-refractivity contribution in [3.8, 4) is 10.7 Å². The smallest absolute Gasteiger partial charge is 0.241 e. The molecule has 0 bridgehead atoms. The van der Waals surface area contributed by atoms with Gasteiger partial charge in [0.2, 0.25) is 11.7 Å². The number of furan rings is 1. The first kappa shape index (κ1) is 13.5. The van der Waals surface area contributed by atoms with Crippen LogP contribution >= 0.6 is 27.3 Å². The fourth-order valence-electron chi connectivity index (χ4n) is 1.80. The Morgan fingerprint density at radius 2 is 2.30 bits per heavy atom. The lowest BCUT2D eigenvalue weighted by molar-refractivity contribution is 0.244. The van der Waals surface area contributed by atoms with E-state index in [1.807, 2.05) is 30.6 Å². The van der Waals surface area contributed by atoms with Crippen LogP contribution in [-0.2, 0) is 13.1 Å². The van der Waals surface area contributed by atoms with Crippen LogP contribution in [0.3, 0.4) is 0 Å². The highest BCUT2D eigenvalue weighted by atomic mass is 79.9. The Morgan fingerprint density at radius 3 is 3.00 bits per heavy atom. The largest absolute Gasteiger partial charge is 0.468 e. The van der Waals surface area contributed by atoms with Crippen LogP contribution in [0, 0.1) is 0 Å². The van der Waals surface area contributed by atoms with Gasteiger partial charge in [-0.3, -0.25) is 4.90 Å². The van der Waals surface area contributed by atoms with E-state index in [2.05, 4.69) is 31.0 Å². The molecule has 0 aromatic carbocycles. The summed E-state index contributed by atoms with van der Waals surface area (Å²) in [6.07, 6.45) is 1.67. The molecule has 0 radical (unpaired) electrons. The van der Waals surface area contributed by atoms with E-state index < -0.39 is 0 Å². The Kier molecular flexibility index (Phi) is 4.00. The third kappa shape index (κ3) is 3.17. The monoisotopic (exact) mass is 353 g/mol. The Morgan fingerprint density at radius 1 is 1.40 bits per heavy atom. The molecule has 0 aliphatic rings. The third-order valence-electron chi connectivity index (χ3n) is 2.67. The first-order chi connectivity index (χ1) is 9.70. The summed E-state index contributed by atoms with van der Waals surface area (Å²) in [5.41, 5.74) is 0. The zero-order valence-electron chi connectivity index (χ0n) is 10.7. The van der Waals surface area contributed by atoms with E-state index in [0.717, 1.165) is 15.1 Å². The predicted octanol–water partition coefficient (Wildman–Crippen LogP) is 3.79. The molecule has 7 heteroatoms. The second kappa shape index (κ2) is 5.90. The van der Waals surface area contributed by atoms with Gasteiger partial charge in [0.05, 0.1) is 24.2 Å². The molecule has 3 aromatic rings. The molecule has 0 saturated heterocycles. The van der Waals surface area contributed by atoms with E-state index >= 15 is 0 Å². The average molecular weight is 354 g/mol. The summed E-state index contributed by atoms with van der Waals surface area (Å²) < 4.78 is 11.6. The molecule has 0 N–H and O–H groups in total. The Bertz CT molecular complexity index is 677. The number of rotatable bonds is 5. The van der Waals surface area contributed by atoms with Gasteiger partial charge in [-0.2, -0.15) is 4.98 Å². The Labute approximate surface area is 128 Å². The van der Waals surface area contributed by atoms with Crippen LogP contribution in [-0.4, -0.2) is 22.1 Å². The zero-order chi connectivity index (χ0) is 13.9. The van der Waals surface area contributed by atoms with Crippen LogP contribution < -0.4 is 0 Å². The van der Waals surface area contributed by atoms with Crippen molar-refractivity contribution < 1.29 is 8.94 Å². The maximum Gasteiger partial charge on any atom is 0.241 e. The average Bonchev–Trinajstić information content (AvgIpc) is 3.10. The zero-order valence-corrected chi connectivity index (χ0v) is 13.1. The molecule has 3 aromatic heterocycles. The first-order valence-corrected chi connectivity index (χ1v) is 7.66. The van der Waals surface area contributed by atoms with Crippen molar-refractivity contribution in [3.63, 3.8) is 0 Å². The summed E-state index contributed by atoms with van der Waals surface area (Å²) in [7, 11) is 1.98. The summed E-state index contributed by atoms with van der Waals surface area (Å²) in [5, 5.41) is 6.00.